The number of nitrogens with one attached hydrogen (secondary N) is 1. The lowest BCUT2D eigenvalue weighted by Crippen LogP contribution is -2.34. The Morgan fingerprint density at radius 3 is 2.88 bits per heavy atom. The molecule has 1 N–H and O–H groups in total. The number of halogens is 2. The highest BCUT2D eigenvalue weighted by atomic mass is 19.3. The Morgan fingerprint density at radius 2 is 2.21 bits per heavy atom. The summed E-state index contributed by atoms with van der Waals surface area (Å²) in [5.74, 6) is -1.97. The summed E-state index contributed by atoms with van der Waals surface area (Å²) in [5.41, 5.74) is 0.163. The van der Waals surface area contributed by atoms with Crippen LogP contribution in [0.4, 0.5) is 8.78 Å². The lowest BCUT2D eigenvalue weighted by molar-refractivity contribution is -0.0452. The minimum absolute atomic E-state index is 0.0749. The van der Waals surface area contributed by atoms with Crippen LogP contribution in [0.1, 0.15) is 47.9 Å². The number of hydrogen-bond donors (Lipinski definition) is 1. The minimum atomic E-state index is -2.56. The molecule has 0 saturated heterocycles. The molecule has 1 amide bonds. The Kier molecular flexibility index (Phi) is 4.54. The highest BCUT2D eigenvalue weighted by molar-refractivity contribution is 5.91. The van der Waals surface area contributed by atoms with E-state index in [1.165, 1.54) is 10.9 Å². The van der Waals surface area contributed by atoms with E-state index in [1.807, 2.05) is 0 Å². The Morgan fingerprint density at radius 1 is 1.46 bits per heavy atom. The first kappa shape index (κ1) is 16.5. The van der Waals surface area contributed by atoms with Crippen molar-refractivity contribution < 1.29 is 18.1 Å². The van der Waals surface area contributed by atoms with Gasteiger partial charge in [0.15, 0.2) is 11.5 Å². The fourth-order valence-electron chi connectivity index (χ4n) is 2.66. The van der Waals surface area contributed by atoms with Crippen molar-refractivity contribution in [2.75, 3.05) is 6.54 Å². The lowest BCUT2D eigenvalue weighted by Gasteiger charge is -2.28. The maximum atomic E-state index is 13.1. The maximum absolute atomic E-state index is 13.1. The van der Waals surface area contributed by atoms with Gasteiger partial charge in [-0.25, -0.2) is 13.5 Å². The van der Waals surface area contributed by atoms with E-state index >= 15 is 0 Å². The maximum Gasteiger partial charge on any atom is 0.273 e. The molecule has 0 unspecified atom stereocenters. The second kappa shape index (κ2) is 6.62. The quantitative estimate of drug-likeness (QED) is 0.887. The summed E-state index contributed by atoms with van der Waals surface area (Å²) >= 11 is 0. The number of nitrogens with zero attached hydrogens (tertiary/aromatic N) is 5. The van der Waals surface area contributed by atoms with Gasteiger partial charge in [-0.15, -0.1) is 5.10 Å². The SMILES string of the molecule is Cc1nc(Cn2cc(C(=O)NCC3CCC(F)(F)CC3)nn2)no1. The summed E-state index contributed by atoms with van der Waals surface area (Å²) in [6, 6.07) is 0. The molecule has 0 radical (unpaired) electrons. The van der Waals surface area contributed by atoms with Crippen LogP contribution in [0.5, 0.6) is 0 Å². The Bertz CT molecular complexity index is 704. The van der Waals surface area contributed by atoms with Crippen molar-refractivity contribution in [2.24, 2.45) is 5.92 Å². The van der Waals surface area contributed by atoms with Crippen LogP contribution in [0, 0.1) is 12.8 Å². The molecule has 2 aromatic heterocycles. The van der Waals surface area contributed by atoms with Crippen molar-refractivity contribution >= 4 is 5.91 Å². The fraction of sp³-hybridized carbons (Fsp3) is 0.643. The van der Waals surface area contributed by atoms with E-state index in [1.54, 1.807) is 6.92 Å². The van der Waals surface area contributed by atoms with Crippen molar-refractivity contribution in [1.82, 2.24) is 30.5 Å². The highest BCUT2D eigenvalue weighted by Gasteiger charge is 2.34. The standard InChI is InChI=1S/C14H18F2N6O2/c1-9-18-12(20-24-9)8-22-7-11(19-21-22)13(23)17-6-10-2-4-14(15,16)5-3-10/h7,10H,2-6,8H2,1H3,(H,17,23). The molecule has 0 aromatic carbocycles. The van der Waals surface area contributed by atoms with Crippen LogP contribution in [0.25, 0.3) is 0 Å². The van der Waals surface area contributed by atoms with Gasteiger partial charge in [-0.1, -0.05) is 10.4 Å². The molecule has 0 atom stereocenters. The van der Waals surface area contributed by atoms with Crippen LogP contribution >= 0.6 is 0 Å². The molecule has 1 fully saturated rings. The predicted molar refractivity (Wildman–Crippen MR) is 77.4 cm³/mol. The van der Waals surface area contributed by atoms with Gasteiger partial charge in [0.2, 0.25) is 11.8 Å². The van der Waals surface area contributed by atoms with E-state index in [9.17, 15) is 13.6 Å². The third kappa shape index (κ3) is 4.12. The van der Waals surface area contributed by atoms with Crippen molar-refractivity contribution in [3.05, 3.63) is 23.6 Å². The van der Waals surface area contributed by atoms with Crippen molar-refractivity contribution in [1.29, 1.82) is 0 Å². The van der Waals surface area contributed by atoms with E-state index in [0.29, 0.717) is 31.1 Å². The number of carbonyl (C=O) groups is 1. The third-order valence-corrected chi connectivity index (χ3v) is 4.03. The van der Waals surface area contributed by atoms with Crippen molar-refractivity contribution in [2.45, 2.75) is 45.1 Å². The predicted octanol–water partition coefficient (Wildman–Crippen LogP) is 1.57. The second-order valence-electron chi connectivity index (χ2n) is 6.04. The number of aryl methyl sites for hydroxylation is 1. The average Bonchev–Trinajstić information content (AvgIpc) is 3.15. The molecule has 2 heterocycles. The molecule has 1 aliphatic rings. The van der Waals surface area contributed by atoms with Gasteiger partial charge >= 0.3 is 0 Å². The summed E-state index contributed by atoms with van der Waals surface area (Å²) < 4.78 is 32.5. The van der Waals surface area contributed by atoms with Crippen molar-refractivity contribution in [3.8, 4) is 0 Å². The van der Waals surface area contributed by atoms with Crippen LogP contribution in [0.15, 0.2) is 10.7 Å². The molecule has 2 aromatic rings. The number of alkyl halides is 2. The third-order valence-electron chi connectivity index (χ3n) is 4.03. The van der Waals surface area contributed by atoms with Crippen molar-refractivity contribution in [3.63, 3.8) is 0 Å². The van der Waals surface area contributed by atoms with E-state index in [-0.39, 0.29) is 36.9 Å². The van der Waals surface area contributed by atoms with Crippen LogP contribution in [0.3, 0.4) is 0 Å². The second-order valence-corrected chi connectivity index (χ2v) is 6.04. The summed E-state index contributed by atoms with van der Waals surface area (Å²) in [7, 11) is 0. The Hall–Kier alpha value is -2.39. The molecule has 8 nitrogen and oxygen atoms in total. The largest absolute Gasteiger partial charge is 0.350 e. The normalized spacial score (nSPS) is 17.8. The highest BCUT2D eigenvalue weighted by Crippen LogP contribution is 2.35. The molecule has 130 valence electrons. The van der Waals surface area contributed by atoms with E-state index < -0.39 is 5.92 Å². The van der Waals surface area contributed by atoms with Crippen LogP contribution in [-0.2, 0) is 6.54 Å². The zero-order valence-corrected chi connectivity index (χ0v) is 13.2. The number of hydrogen-bond acceptors (Lipinski definition) is 6. The zero-order valence-electron chi connectivity index (χ0n) is 13.2. The van der Waals surface area contributed by atoms with Gasteiger partial charge < -0.3 is 9.84 Å². The van der Waals surface area contributed by atoms with Gasteiger partial charge in [-0.05, 0) is 18.8 Å². The molecule has 0 bridgehead atoms. The first-order chi connectivity index (χ1) is 11.4. The number of rotatable bonds is 5. The van der Waals surface area contributed by atoms with Crippen LogP contribution in [0.2, 0.25) is 0 Å². The first-order valence-electron chi connectivity index (χ1n) is 7.77. The first-order valence-corrected chi connectivity index (χ1v) is 7.77. The molecule has 24 heavy (non-hydrogen) atoms. The molecule has 1 aliphatic carbocycles. The molecular formula is C14H18F2N6O2. The number of aromatic nitrogens is 5. The van der Waals surface area contributed by atoms with Crippen LogP contribution < -0.4 is 5.32 Å². The monoisotopic (exact) mass is 340 g/mol. The topological polar surface area (TPSA) is 98.7 Å². The van der Waals surface area contributed by atoms with E-state index in [4.69, 9.17) is 4.52 Å². The van der Waals surface area contributed by atoms with E-state index in [2.05, 4.69) is 25.8 Å². The summed E-state index contributed by atoms with van der Waals surface area (Å²) in [5, 5.41) is 14.1. The van der Waals surface area contributed by atoms with Gasteiger partial charge in [-0.3, -0.25) is 4.79 Å². The van der Waals surface area contributed by atoms with E-state index in [0.717, 1.165) is 0 Å². The fourth-order valence-corrected chi connectivity index (χ4v) is 2.66. The summed E-state index contributed by atoms with van der Waals surface area (Å²) in [6.07, 6.45) is 2.08. The summed E-state index contributed by atoms with van der Waals surface area (Å²) in [4.78, 5) is 16.1. The Labute approximate surface area is 136 Å². The number of amides is 1. The Balaban J connectivity index is 1.49. The molecule has 1 saturated carbocycles. The van der Waals surface area contributed by atoms with Gasteiger partial charge in [0, 0.05) is 26.3 Å². The molecule has 0 spiro atoms. The van der Waals surface area contributed by atoms with Gasteiger partial charge in [0.05, 0.1) is 6.20 Å². The molecule has 0 aliphatic heterocycles. The van der Waals surface area contributed by atoms with Gasteiger partial charge in [0.25, 0.3) is 5.91 Å². The van der Waals surface area contributed by atoms with Crippen LogP contribution in [-0.4, -0.2) is 43.5 Å². The van der Waals surface area contributed by atoms with Gasteiger partial charge in [-0.2, -0.15) is 4.98 Å². The number of carbonyl (C=O) groups excluding carboxylic acids is 1. The zero-order chi connectivity index (χ0) is 17.2. The molecular weight excluding hydrogens is 322 g/mol. The smallest absolute Gasteiger partial charge is 0.273 e. The summed E-state index contributed by atoms with van der Waals surface area (Å²) in [6.45, 7) is 2.29. The molecule has 3 rings (SSSR count). The molecule has 10 heteroatoms. The lowest BCUT2D eigenvalue weighted by atomic mass is 9.87. The minimum Gasteiger partial charge on any atom is -0.350 e. The van der Waals surface area contributed by atoms with Gasteiger partial charge in [0.1, 0.15) is 6.54 Å². The average molecular weight is 340 g/mol.